The number of hydrogen-bond donors (Lipinski definition) is 4. The summed E-state index contributed by atoms with van der Waals surface area (Å²) in [4.78, 5) is 57.8. The van der Waals surface area contributed by atoms with Crippen molar-refractivity contribution in [3.05, 3.63) is 387 Å². The van der Waals surface area contributed by atoms with Crippen LogP contribution in [0, 0.1) is 0 Å². The number of aromatic nitrogens is 8. The Morgan fingerprint density at radius 3 is 0.667 bits per heavy atom. The molecular weight excluding hydrogens is 1410 g/mol. The molecular formula is C95H78N8O6P2+4. The fraction of sp³-hybridized carbons (Fsp3) is 0.0737. The predicted octanol–water partition coefficient (Wildman–Crippen LogP) is 19.0. The molecule has 0 amide bonds. The minimum Gasteiger partial charge on any atom is -0.324 e. The van der Waals surface area contributed by atoms with E-state index in [1.807, 2.05) is 97.6 Å². The molecule has 0 saturated carbocycles. The summed E-state index contributed by atoms with van der Waals surface area (Å²) in [6.07, 6.45) is 17.3. The second kappa shape index (κ2) is 32.6. The quantitative estimate of drug-likeness (QED) is 0.0336. The summed E-state index contributed by atoms with van der Waals surface area (Å²) in [5, 5.41) is 0. The van der Waals surface area contributed by atoms with Gasteiger partial charge in [-0.05, 0) is 90.0 Å². The van der Waals surface area contributed by atoms with Gasteiger partial charge in [-0.1, -0.05) is 255 Å². The summed E-state index contributed by atoms with van der Waals surface area (Å²) in [6.45, 7) is 3.05. The van der Waals surface area contributed by atoms with Gasteiger partial charge in [-0.2, -0.15) is 0 Å². The zero-order valence-electron chi connectivity index (χ0n) is 60.7. The van der Waals surface area contributed by atoms with Crippen LogP contribution in [0.3, 0.4) is 0 Å². The third-order valence-electron chi connectivity index (χ3n) is 20.0. The van der Waals surface area contributed by atoms with Crippen molar-refractivity contribution in [2.75, 3.05) is 0 Å². The summed E-state index contributed by atoms with van der Waals surface area (Å²) in [5.41, 5.74) is 26.0. The first-order valence-electron chi connectivity index (χ1n) is 36.9. The van der Waals surface area contributed by atoms with Gasteiger partial charge >= 0.3 is 15.2 Å². The average Bonchev–Trinajstić information content (AvgIpc) is 0.798. The second-order valence-electron chi connectivity index (χ2n) is 27.9. The number of nitrogens with zero attached hydrogens (tertiary/aromatic N) is 8. The van der Waals surface area contributed by atoms with E-state index >= 15 is 0 Å². The highest BCUT2D eigenvalue weighted by molar-refractivity contribution is 7.51. The first-order chi connectivity index (χ1) is 54.1. The summed E-state index contributed by atoms with van der Waals surface area (Å²) < 4.78 is 31.5. The van der Waals surface area contributed by atoms with Crippen LogP contribution in [0.25, 0.3) is 135 Å². The molecule has 6 heterocycles. The average molecular weight is 1490 g/mol. The van der Waals surface area contributed by atoms with Crippen LogP contribution in [0.2, 0.25) is 0 Å². The molecule has 0 spiro atoms. The topological polar surface area (TPSA) is 182 Å². The van der Waals surface area contributed by atoms with Crippen LogP contribution in [0.4, 0.5) is 0 Å². The van der Waals surface area contributed by atoms with Gasteiger partial charge in [0.1, 0.15) is 0 Å². The molecule has 0 aliphatic rings. The minimum absolute atomic E-state index is 0.259. The van der Waals surface area contributed by atoms with E-state index in [0.717, 1.165) is 154 Å². The van der Waals surface area contributed by atoms with Crippen LogP contribution in [-0.2, 0) is 47.6 Å². The maximum atomic E-state index is 11.5. The van der Waals surface area contributed by atoms with E-state index in [9.17, 15) is 28.7 Å². The van der Waals surface area contributed by atoms with E-state index in [1.54, 1.807) is 24.3 Å². The molecule has 0 unspecified atom stereocenters. The van der Waals surface area contributed by atoms with Gasteiger partial charge in [0, 0.05) is 93.0 Å². The van der Waals surface area contributed by atoms with E-state index < -0.39 is 15.2 Å². The molecule has 540 valence electrons. The van der Waals surface area contributed by atoms with E-state index in [1.165, 1.54) is 0 Å². The lowest BCUT2D eigenvalue weighted by atomic mass is 9.99. The Kier molecular flexibility index (Phi) is 21.3. The van der Waals surface area contributed by atoms with Crippen LogP contribution in [0.1, 0.15) is 28.7 Å². The van der Waals surface area contributed by atoms with Crippen LogP contribution in [0.5, 0.6) is 0 Å². The molecule has 0 radical (unpaired) electrons. The van der Waals surface area contributed by atoms with Gasteiger partial charge in [-0.25, -0.2) is 38.2 Å². The van der Waals surface area contributed by atoms with Crippen molar-refractivity contribution >= 4 is 15.2 Å². The molecule has 111 heavy (non-hydrogen) atoms. The van der Waals surface area contributed by atoms with E-state index in [2.05, 4.69) is 261 Å². The number of rotatable bonds is 24. The Morgan fingerprint density at radius 2 is 0.432 bits per heavy atom. The van der Waals surface area contributed by atoms with Crippen LogP contribution in [0.15, 0.2) is 365 Å². The molecule has 14 nitrogen and oxygen atoms in total. The van der Waals surface area contributed by atoms with Gasteiger partial charge < -0.3 is 19.6 Å². The molecule has 16 heteroatoms. The third-order valence-corrected chi connectivity index (χ3v) is 21.5. The Bertz CT molecular complexity index is 5980. The third kappa shape index (κ3) is 18.4. The lowest BCUT2D eigenvalue weighted by Gasteiger charge is -2.11. The van der Waals surface area contributed by atoms with Crippen molar-refractivity contribution in [3.8, 4) is 135 Å². The summed E-state index contributed by atoms with van der Waals surface area (Å²) in [7, 11) is -8.23. The minimum atomic E-state index is -4.12. The second-order valence-corrected chi connectivity index (χ2v) is 31.2. The number of pyridine rings is 4. The smallest absolute Gasteiger partial charge is 0.324 e. The van der Waals surface area contributed by atoms with Crippen molar-refractivity contribution in [1.29, 1.82) is 0 Å². The molecule has 4 N–H and O–H groups in total. The lowest BCUT2D eigenvalue weighted by Crippen LogP contribution is -2.38. The molecule has 0 bridgehead atoms. The van der Waals surface area contributed by atoms with Gasteiger partial charge in [0.05, 0.1) is 41.5 Å². The highest BCUT2D eigenvalue weighted by Crippen LogP contribution is 2.41. The lowest BCUT2D eigenvalue weighted by molar-refractivity contribution is -0.726. The van der Waals surface area contributed by atoms with Crippen molar-refractivity contribution in [2.45, 2.75) is 44.9 Å². The monoisotopic (exact) mass is 1490 g/mol. The number of hydrogen-bond acceptors (Lipinski definition) is 6. The number of aryl methyl sites for hydroxylation is 2. The van der Waals surface area contributed by atoms with Gasteiger partial charge in [-0.15, -0.1) is 0 Å². The van der Waals surface area contributed by atoms with Gasteiger partial charge in [-0.3, -0.25) is 9.13 Å². The van der Waals surface area contributed by atoms with Crippen LogP contribution >= 0.6 is 15.2 Å². The zero-order chi connectivity index (χ0) is 75.7. The predicted molar refractivity (Wildman–Crippen MR) is 437 cm³/mol. The maximum Gasteiger partial charge on any atom is 0.329 e. The highest BCUT2D eigenvalue weighted by atomic mass is 31.2. The standard InChI is InChI=1S/C95H74N8O6P2/c104-110(105,106)66-70-16-12-68(13-17-70)64-102-58-48-82(49-59-102)77-26-22-73(23-27-77)75-30-38-85(39-31-75)90-62-92(98-94(96-90)88-8-3-1-4-9-88)86-40-32-78(33-41-86)81-46-56-101(57-47-81)53-7-52-100-54-44-80(45-55-100)76-24-20-72(21-25-76)74-28-36-84(37-29-74)91-63-93(99-95(97-91)89-10-5-2-6-11-89)87-42-34-79(35-43-87)83-50-60-103(61-51-83)65-69-14-18-71(19-15-69)67-111(107,108)109/h1-6,8-51,54-63H,7,52-53,64-67H2/p+4. The maximum absolute atomic E-state index is 11.5. The zero-order valence-corrected chi connectivity index (χ0v) is 62.5. The summed E-state index contributed by atoms with van der Waals surface area (Å²) in [6, 6.07) is 108. The molecule has 16 aromatic rings. The van der Waals surface area contributed by atoms with Gasteiger partial charge in [0.2, 0.25) is 0 Å². The fourth-order valence-electron chi connectivity index (χ4n) is 13.9. The molecule has 0 aliphatic carbocycles. The molecule has 0 saturated heterocycles. The molecule has 0 aliphatic heterocycles. The van der Waals surface area contributed by atoms with Crippen LogP contribution < -0.4 is 18.3 Å². The molecule has 10 aromatic carbocycles. The molecule has 0 atom stereocenters. The van der Waals surface area contributed by atoms with Crippen molar-refractivity contribution in [2.24, 2.45) is 0 Å². The van der Waals surface area contributed by atoms with Crippen molar-refractivity contribution < 1.29 is 47.0 Å². The van der Waals surface area contributed by atoms with Crippen LogP contribution in [-0.4, -0.2) is 39.5 Å². The summed E-state index contributed by atoms with van der Waals surface area (Å²) >= 11 is 0. The molecule has 16 rings (SSSR count). The largest absolute Gasteiger partial charge is 0.329 e. The van der Waals surface area contributed by atoms with E-state index in [0.29, 0.717) is 35.9 Å². The molecule has 0 fully saturated rings. The first kappa shape index (κ1) is 72.5. The van der Waals surface area contributed by atoms with E-state index in [4.69, 9.17) is 19.9 Å². The van der Waals surface area contributed by atoms with E-state index in [-0.39, 0.29) is 12.3 Å². The summed E-state index contributed by atoms with van der Waals surface area (Å²) in [5.74, 6) is 1.33. The Morgan fingerprint density at radius 1 is 0.225 bits per heavy atom. The van der Waals surface area contributed by atoms with Crippen molar-refractivity contribution in [1.82, 2.24) is 19.9 Å². The molecule has 6 aromatic heterocycles. The fourth-order valence-corrected chi connectivity index (χ4v) is 15.3. The SMILES string of the molecule is O=P(O)(O)Cc1ccc(C[n+]2ccc(-c3ccc(-c4ccc(-c5cc(-c6ccc(-c7cc[n+](CCC[n+]8ccc(-c9ccc(-c%10ccc(-c%11cc(-c%12ccc(-c%13cc[n+](Cc%14ccc(CP(=O)(O)O)cc%14)cc%13)cc%12)nc(-c%12ccccc%12)n%11)cc%10)cc9)cc8)cc7)cc6)nc(-c6ccccc6)n5)cc4)cc3)cc2)cc1. The van der Waals surface area contributed by atoms with Gasteiger partial charge in [0.25, 0.3) is 0 Å². The number of benzene rings is 10. The Labute approximate surface area is 645 Å². The van der Waals surface area contributed by atoms with Gasteiger partial charge in [0.15, 0.2) is 87.4 Å². The first-order valence-corrected chi connectivity index (χ1v) is 40.4. The normalized spacial score (nSPS) is 11.6. The highest BCUT2D eigenvalue weighted by Gasteiger charge is 2.20. The van der Waals surface area contributed by atoms with Crippen molar-refractivity contribution in [3.63, 3.8) is 0 Å². The Balaban J connectivity index is 0.518. The Hall–Kier alpha value is -12.7.